The van der Waals surface area contributed by atoms with E-state index in [9.17, 15) is 0 Å². The van der Waals surface area contributed by atoms with Crippen LogP contribution in [0.2, 0.25) is 0 Å². The Labute approximate surface area is 179 Å². The van der Waals surface area contributed by atoms with Crippen LogP contribution in [0.15, 0.2) is 53.7 Å². The Kier molecular flexibility index (Phi) is 9.00. The molecule has 1 unspecified atom stereocenters. The van der Waals surface area contributed by atoms with Gasteiger partial charge in [0.15, 0.2) is 5.96 Å². The van der Waals surface area contributed by atoms with Gasteiger partial charge in [0.2, 0.25) is 0 Å². The van der Waals surface area contributed by atoms with E-state index >= 15 is 0 Å². The van der Waals surface area contributed by atoms with E-state index in [4.69, 9.17) is 9.73 Å². The maximum Gasteiger partial charge on any atom is 0.193 e. The highest BCUT2D eigenvalue weighted by Crippen LogP contribution is 2.18. The van der Waals surface area contributed by atoms with Crippen molar-refractivity contribution in [3.05, 3.63) is 54.2 Å². The molecule has 1 saturated heterocycles. The fourth-order valence-corrected chi connectivity index (χ4v) is 3.20. The lowest BCUT2D eigenvalue weighted by atomic mass is 10.1. The number of hydrogen-bond acceptors (Lipinski definition) is 3. The Balaban J connectivity index is 0.00000261. The molecule has 146 valence electrons. The second-order valence-corrected chi connectivity index (χ2v) is 6.70. The first-order chi connectivity index (χ1) is 12.8. The Hall–Kier alpha value is -1.67. The molecule has 1 fully saturated rings. The second kappa shape index (κ2) is 11.2. The molecule has 2 heterocycles. The fourth-order valence-electron chi connectivity index (χ4n) is 3.20. The minimum Gasteiger partial charge on any atom is -0.381 e. The number of halogens is 1. The zero-order chi connectivity index (χ0) is 18.2. The number of aliphatic imine (C=N–C) groups is 1. The molecule has 1 N–H and O–H groups in total. The van der Waals surface area contributed by atoms with Gasteiger partial charge >= 0.3 is 0 Å². The summed E-state index contributed by atoms with van der Waals surface area (Å²) in [6, 6.07) is 14.4. The SMILES string of the molecule is CCNC(=NCc1cccc(-c2ccccn2)c1)N(C)CC1CCOC1.I. The van der Waals surface area contributed by atoms with Gasteiger partial charge in [0.05, 0.1) is 18.8 Å². The summed E-state index contributed by atoms with van der Waals surface area (Å²) < 4.78 is 5.49. The fraction of sp³-hybridized carbons (Fsp3) is 0.429. The summed E-state index contributed by atoms with van der Waals surface area (Å²) in [5.74, 6) is 1.54. The summed E-state index contributed by atoms with van der Waals surface area (Å²) in [6.45, 7) is 6.32. The average Bonchev–Trinajstić information content (AvgIpc) is 3.19. The van der Waals surface area contributed by atoms with E-state index in [1.165, 1.54) is 5.56 Å². The van der Waals surface area contributed by atoms with Gasteiger partial charge in [-0.15, -0.1) is 24.0 Å². The molecule has 0 spiro atoms. The van der Waals surface area contributed by atoms with Crippen LogP contribution >= 0.6 is 24.0 Å². The van der Waals surface area contributed by atoms with Crippen LogP contribution in [-0.2, 0) is 11.3 Å². The lowest BCUT2D eigenvalue weighted by Crippen LogP contribution is -2.41. The molecular formula is C21H29IN4O. The number of rotatable bonds is 6. The minimum atomic E-state index is 0. The number of hydrogen-bond donors (Lipinski definition) is 1. The number of nitrogens with zero attached hydrogens (tertiary/aromatic N) is 3. The molecule has 1 aromatic heterocycles. The van der Waals surface area contributed by atoms with E-state index in [1.807, 2.05) is 24.4 Å². The van der Waals surface area contributed by atoms with E-state index in [0.29, 0.717) is 12.5 Å². The Bertz CT molecular complexity index is 717. The summed E-state index contributed by atoms with van der Waals surface area (Å²) in [5, 5.41) is 3.40. The number of guanidine groups is 1. The predicted molar refractivity (Wildman–Crippen MR) is 121 cm³/mol. The quantitative estimate of drug-likeness (QED) is 0.388. The van der Waals surface area contributed by atoms with Gasteiger partial charge < -0.3 is 15.0 Å². The molecule has 27 heavy (non-hydrogen) atoms. The molecule has 0 bridgehead atoms. The van der Waals surface area contributed by atoms with Crippen molar-refractivity contribution in [1.29, 1.82) is 0 Å². The van der Waals surface area contributed by atoms with Gasteiger partial charge in [0.25, 0.3) is 0 Å². The van der Waals surface area contributed by atoms with E-state index in [-0.39, 0.29) is 24.0 Å². The van der Waals surface area contributed by atoms with Crippen molar-refractivity contribution in [2.75, 3.05) is 33.4 Å². The molecule has 3 rings (SSSR count). The van der Waals surface area contributed by atoms with Crippen molar-refractivity contribution in [2.24, 2.45) is 10.9 Å². The summed E-state index contributed by atoms with van der Waals surface area (Å²) >= 11 is 0. The molecular weight excluding hydrogens is 451 g/mol. The Morgan fingerprint density at radius 1 is 1.30 bits per heavy atom. The van der Waals surface area contributed by atoms with Crippen LogP contribution in [0.5, 0.6) is 0 Å². The number of pyridine rings is 1. The molecule has 1 aromatic carbocycles. The van der Waals surface area contributed by atoms with E-state index in [2.05, 4.69) is 53.4 Å². The van der Waals surface area contributed by atoms with Gasteiger partial charge in [-0.25, -0.2) is 4.99 Å². The molecule has 0 radical (unpaired) electrons. The molecule has 1 atom stereocenters. The Morgan fingerprint density at radius 3 is 2.89 bits per heavy atom. The standard InChI is InChI=1S/C21H28N4O.HI/c1-3-22-21(25(2)15-18-10-12-26-16-18)24-14-17-7-6-8-19(13-17)20-9-4-5-11-23-20;/h4-9,11,13,18H,3,10,12,14-16H2,1-2H3,(H,22,24);1H. The van der Waals surface area contributed by atoms with Crippen LogP contribution in [0.4, 0.5) is 0 Å². The second-order valence-electron chi connectivity index (χ2n) is 6.70. The number of ether oxygens (including phenoxy) is 1. The van der Waals surface area contributed by atoms with E-state index in [0.717, 1.165) is 49.9 Å². The highest BCUT2D eigenvalue weighted by Gasteiger charge is 2.19. The molecule has 5 nitrogen and oxygen atoms in total. The van der Waals surface area contributed by atoms with Crippen LogP contribution in [0.1, 0.15) is 18.9 Å². The van der Waals surface area contributed by atoms with E-state index in [1.54, 1.807) is 0 Å². The van der Waals surface area contributed by atoms with Gasteiger partial charge in [-0.3, -0.25) is 4.98 Å². The largest absolute Gasteiger partial charge is 0.381 e. The van der Waals surface area contributed by atoms with Crippen molar-refractivity contribution < 1.29 is 4.74 Å². The number of aromatic nitrogens is 1. The molecule has 0 amide bonds. The highest BCUT2D eigenvalue weighted by molar-refractivity contribution is 14.0. The van der Waals surface area contributed by atoms with Gasteiger partial charge in [-0.1, -0.05) is 24.3 Å². The maximum absolute atomic E-state index is 5.49. The van der Waals surface area contributed by atoms with Crippen molar-refractivity contribution in [2.45, 2.75) is 19.9 Å². The van der Waals surface area contributed by atoms with Crippen molar-refractivity contribution in [1.82, 2.24) is 15.2 Å². The zero-order valence-electron chi connectivity index (χ0n) is 16.1. The number of benzene rings is 1. The number of nitrogens with one attached hydrogen (secondary N) is 1. The van der Waals surface area contributed by atoms with Crippen molar-refractivity contribution in [3.63, 3.8) is 0 Å². The topological polar surface area (TPSA) is 49.8 Å². The third-order valence-electron chi connectivity index (χ3n) is 4.55. The Morgan fingerprint density at radius 2 is 2.19 bits per heavy atom. The predicted octanol–water partition coefficient (Wildman–Crippen LogP) is 3.80. The van der Waals surface area contributed by atoms with Crippen LogP contribution in [-0.4, -0.2) is 49.2 Å². The first kappa shape index (κ1) is 21.6. The monoisotopic (exact) mass is 480 g/mol. The van der Waals surface area contributed by atoms with Crippen LogP contribution in [0, 0.1) is 5.92 Å². The van der Waals surface area contributed by atoms with Gasteiger partial charge in [-0.05, 0) is 37.1 Å². The molecule has 6 heteroatoms. The first-order valence-electron chi connectivity index (χ1n) is 9.34. The van der Waals surface area contributed by atoms with Crippen LogP contribution < -0.4 is 5.32 Å². The zero-order valence-corrected chi connectivity index (χ0v) is 18.4. The normalized spacial score (nSPS) is 16.7. The van der Waals surface area contributed by atoms with Crippen molar-refractivity contribution in [3.8, 4) is 11.3 Å². The maximum atomic E-state index is 5.49. The summed E-state index contributed by atoms with van der Waals surface area (Å²) in [4.78, 5) is 11.5. The average molecular weight is 480 g/mol. The lowest BCUT2D eigenvalue weighted by Gasteiger charge is -2.24. The smallest absolute Gasteiger partial charge is 0.193 e. The lowest BCUT2D eigenvalue weighted by molar-refractivity contribution is 0.181. The van der Waals surface area contributed by atoms with E-state index < -0.39 is 0 Å². The van der Waals surface area contributed by atoms with Gasteiger partial charge in [0, 0.05) is 44.4 Å². The molecule has 0 aliphatic carbocycles. The third kappa shape index (κ3) is 6.46. The van der Waals surface area contributed by atoms with Crippen LogP contribution in [0.3, 0.4) is 0 Å². The highest BCUT2D eigenvalue weighted by atomic mass is 127. The summed E-state index contributed by atoms with van der Waals surface area (Å²) in [6.07, 6.45) is 2.96. The first-order valence-corrected chi connectivity index (χ1v) is 9.34. The van der Waals surface area contributed by atoms with Gasteiger partial charge in [-0.2, -0.15) is 0 Å². The molecule has 1 aliphatic heterocycles. The molecule has 2 aromatic rings. The van der Waals surface area contributed by atoms with Gasteiger partial charge in [0.1, 0.15) is 0 Å². The van der Waals surface area contributed by atoms with Crippen molar-refractivity contribution >= 4 is 29.9 Å². The molecule has 1 aliphatic rings. The minimum absolute atomic E-state index is 0. The summed E-state index contributed by atoms with van der Waals surface area (Å²) in [7, 11) is 2.10. The van der Waals surface area contributed by atoms with Crippen LogP contribution in [0.25, 0.3) is 11.3 Å². The molecule has 0 saturated carbocycles. The summed E-state index contributed by atoms with van der Waals surface area (Å²) in [5.41, 5.74) is 3.30. The third-order valence-corrected chi connectivity index (χ3v) is 4.55.